The van der Waals surface area contributed by atoms with Crippen LogP contribution in [0.4, 0.5) is 0 Å². The predicted molar refractivity (Wildman–Crippen MR) is 99.8 cm³/mol. The molecule has 0 radical (unpaired) electrons. The predicted octanol–water partition coefficient (Wildman–Crippen LogP) is 4.16. The standard InChI is InChI=1S/C21H28O4/c1-16-7-6-10-19(13-16)25-15-18(22)9-5-4-8-17-11-12-20(23-2)21(14-17)24-3/h6-7,10-14,18,22H,4-5,8-9,15H2,1-3H3/i2D3,8D2,9D2,15D2. The molecule has 0 saturated heterocycles. The van der Waals surface area contributed by atoms with Crippen LogP contribution in [0.25, 0.3) is 0 Å². The molecular formula is C21H28O4. The smallest absolute Gasteiger partial charge is 0.160 e. The van der Waals surface area contributed by atoms with E-state index in [0.717, 1.165) is 5.56 Å². The van der Waals surface area contributed by atoms with E-state index in [9.17, 15) is 5.11 Å². The van der Waals surface area contributed by atoms with Crippen molar-refractivity contribution in [3.63, 3.8) is 0 Å². The topological polar surface area (TPSA) is 47.9 Å². The molecule has 0 amide bonds. The van der Waals surface area contributed by atoms with Gasteiger partial charge in [-0.2, -0.15) is 0 Å². The maximum Gasteiger partial charge on any atom is 0.160 e. The first kappa shape index (κ1) is 10.1. The highest BCUT2D eigenvalue weighted by Crippen LogP contribution is 2.28. The van der Waals surface area contributed by atoms with Crippen LogP contribution in [0.3, 0.4) is 0 Å². The van der Waals surface area contributed by atoms with Gasteiger partial charge in [0.2, 0.25) is 0 Å². The minimum Gasteiger partial charge on any atom is -0.493 e. The van der Waals surface area contributed by atoms with Crippen LogP contribution in [-0.2, 0) is 6.37 Å². The highest BCUT2D eigenvalue weighted by atomic mass is 16.5. The highest BCUT2D eigenvalue weighted by molar-refractivity contribution is 5.42. The lowest BCUT2D eigenvalue weighted by Gasteiger charge is -2.13. The van der Waals surface area contributed by atoms with Crippen molar-refractivity contribution in [2.75, 3.05) is 20.7 Å². The average Bonchev–Trinajstić information content (AvgIpc) is 2.70. The molecule has 1 atom stereocenters. The van der Waals surface area contributed by atoms with Gasteiger partial charge >= 0.3 is 0 Å². The van der Waals surface area contributed by atoms with Gasteiger partial charge in [-0.1, -0.05) is 24.6 Å². The Hall–Kier alpha value is -2.20. The van der Waals surface area contributed by atoms with Gasteiger partial charge in [0.05, 0.1) is 27.1 Å². The molecule has 0 spiro atoms. The number of rotatable bonds is 10. The zero-order chi connectivity index (χ0) is 25.9. The first-order chi connectivity index (χ1) is 15.5. The summed E-state index contributed by atoms with van der Waals surface area (Å²) in [4.78, 5) is 0. The molecule has 0 fully saturated rings. The van der Waals surface area contributed by atoms with Crippen molar-refractivity contribution < 1.29 is 31.7 Å². The Bertz CT molecular complexity index is 977. The molecule has 1 N–H and O–H groups in total. The number of ether oxygens (including phenoxy) is 3. The van der Waals surface area contributed by atoms with Gasteiger partial charge in [0.15, 0.2) is 11.5 Å². The SMILES string of the molecule is [2H]C([2H])([2H])Oc1ccc(C([2H])([2H])CCC([2H])([2H])C(O)C([2H])([2H])Oc2cccc(C)c2)cc1OC. The normalized spacial score (nSPS) is 19.4. The van der Waals surface area contributed by atoms with E-state index in [4.69, 9.17) is 26.5 Å². The van der Waals surface area contributed by atoms with E-state index < -0.39 is 45.3 Å². The molecule has 0 aliphatic heterocycles. The minimum atomic E-state index is -2.78. The van der Waals surface area contributed by atoms with Crippen molar-refractivity contribution >= 4 is 0 Å². The Morgan fingerprint density at radius 3 is 2.76 bits per heavy atom. The fourth-order valence-corrected chi connectivity index (χ4v) is 2.12. The van der Waals surface area contributed by atoms with E-state index in [1.807, 2.05) is 0 Å². The molecule has 2 aromatic carbocycles. The third-order valence-corrected chi connectivity index (χ3v) is 3.34. The Balaban J connectivity index is 2.15. The molecule has 0 aliphatic rings. The van der Waals surface area contributed by atoms with Gasteiger partial charge in [-0.3, -0.25) is 0 Å². The fraction of sp³-hybridized carbons (Fsp3) is 0.429. The van der Waals surface area contributed by atoms with Crippen molar-refractivity contribution in [3.05, 3.63) is 53.6 Å². The summed E-state index contributed by atoms with van der Waals surface area (Å²) >= 11 is 0. The first-order valence-corrected chi connectivity index (χ1v) is 7.78. The number of aryl methyl sites for hydroxylation is 2. The van der Waals surface area contributed by atoms with E-state index in [0.29, 0.717) is 0 Å². The lowest BCUT2D eigenvalue weighted by atomic mass is 10.0. The summed E-state index contributed by atoms with van der Waals surface area (Å²) in [5, 5.41) is 10.4. The van der Waals surface area contributed by atoms with Crippen LogP contribution < -0.4 is 14.2 Å². The molecule has 0 bridgehead atoms. The molecule has 1 unspecified atom stereocenters. The van der Waals surface area contributed by atoms with Gasteiger partial charge in [0.1, 0.15) is 12.3 Å². The zero-order valence-electron chi connectivity index (χ0n) is 23.2. The van der Waals surface area contributed by atoms with Gasteiger partial charge in [-0.05, 0) is 61.5 Å². The summed E-state index contributed by atoms with van der Waals surface area (Å²) in [6.07, 6.45) is -7.80. The number of methoxy groups -OCH3 is 2. The van der Waals surface area contributed by atoms with Crippen LogP contribution in [0.15, 0.2) is 42.5 Å². The van der Waals surface area contributed by atoms with Crippen LogP contribution >= 0.6 is 0 Å². The first-order valence-electron chi connectivity index (χ1n) is 12.3. The van der Waals surface area contributed by atoms with Gasteiger partial charge in [-0.25, -0.2) is 0 Å². The summed E-state index contributed by atoms with van der Waals surface area (Å²) in [6, 6.07) is 10.2. The number of benzene rings is 2. The molecule has 4 heteroatoms. The van der Waals surface area contributed by atoms with Gasteiger partial charge in [0, 0.05) is 5.48 Å². The number of aliphatic hydroxyl groups excluding tert-OH is 1. The second-order valence-electron chi connectivity index (χ2n) is 5.29. The Morgan fingerprint density at radius 2 is 2.00 bits per heavy atom. The zero-order valence-corrected chi connectivity index (χ0v) is 14.2. The van der Waals surface area contributed by atoms with Crippen molar-refractivity contribution in [1.29, 1.82) is 0 Å². The number of hydrogen-bond donors (Lipinski definition) is 1. The van der Waals surface area contributed by atoms with Crippen molar-refractivity contribution in [1.82, 2.24) is 0 Å². The molecular weight excluding hydrogens is 316 g/mol. The third kappa shape index (κ3) is 6.31. The molecule has 0 heterocycles. The monoisotopic (exact) mass is 353 g/mol. The minimum absolute atomic E-state index is 0.0107. The van der Waals surface area contributed by atoms with Crippen molar-refractivity contribution in [2.24, 2.45) is 0 Å². The van der Waals surface area contributed by atoms with E-state index in [2.05, 4.69) is 0 Å². The van der Waals surface area contributed by atoms with Gasteiger partial charge in [-0.15, -0.1) is 0 Å². The molecule has 0 saturated carbocycles. The molecule has 2 rings (SSSR count). The molecule has 25 heavy (non-hydrogen) atoms. The summed E-state index contributed by atoms with van der Waals surface area (Å²) in [6.45, 7) is -1.00. The summed E-state index contributed by atoms with van der Waals surface area (Å²) in [5.41, 5.74) is 0.872. The fourth-order valence-electron chi connectivity index (χ4n) is 2.12. The second-order valence-corrected chi connectivity index (χ2v) is 5.29. The Morgan fingerprint density at radius 1 is 1.12 bits per heavy atom. The molecule has 0 aliphatic carbocycles. The maximum absolute atomic E-state index is 10.4. The lowest BCUT2D eigenvalue weighted by Crippen LogP contribution is -2.17. The van der Waals surface area contributed by atoms with E-state index in [-0.39, 0.29) is 22.8 Å². The maximum atomic E-state index is 10.4. The van der Waals surface area contributed by atoms with Crippen molar-refractivity contribution in [3.8, 4) is 17.2 Å². The van der Waals surface area contributed by atoms with Crippen LogP contribution in [0.5, 0.6) is 17.2 Å². The summed E-state index contributed by atoms with van der Waals surface area (Å²) in [5.74, 6) is 0.0133. The van der Waals surface area contributed by atoms with E-state index in [1.54, 1.807) is 25.1 Å². The third-order valence-electron chi connectivity index (χ3n) is 3.34. The molecule has 0 aromatic heterocycles. The summed E-state index contributed by atoms with van der Waals surface area (Å²) < 4.78 is 85.8. The Labute approximate surface area is 163 Å². The summed E-state index contributed by atoms with van der Waals surface area (Å²) in [7, 11) is -1.45. The van der Waals surface area contributed by atoms with Crippen LogP contribution in [0, 0.1) is 6.92 Å². The van der Waals surface area contributed by atoms with E-state index >= 15 is 0 Å². The van der Waals surface area contributed by atoms with Crippen molar-refractivity contribution in [2.45, 2.75) is 38.6 Å². The molecule has 2 aromatic rings. The molecule has 136 valence electrons. The number of hydrogen-bond acceptors (Lipinski definition) is 4. The van der Waals surface area contributed by atoms with Gasteiger partial charge < -0.3 is 19.3 Å². The number of aliphatic hydroxyl groups is 1. The average molecular weight is 354 g/mol. The quantitative estimate of drug-likeness (QED) is 0.696. The van der Waals surface area contributed by atoms with Crippen LogP contribution in [0.1, 0.15) is 42.7 Å². The second kappa shape index (κ2) is 9.94. The van der Waals surface area contributed by atoms with Gasteiger partial charge in [0.25, 0.3) is 0 Å². The largest absolute Gasteiger partial charge is 0.493 e. The highest BCUT2D eigenvalue weighted by Gasteiger charge is 2.07. The van der Waals surface area contributed by atoms with Crippen LogP contribution in [0.2, 0.25) is 0 Å². The lowest BCUT2D eigenvalue weighted by molar-refractivity contribution is 0.0976. The Kier molecular flexibility index (Phi) is 4.01. The molecule has 4 nitrogen and oxygen atoms in total. The van der Waals surface area contributed by atoms with Crippen LogP contribution in [-0.4, -0.2) is 31.9 Å². The van der Waals surface area contributed by atoms with E-state index in [1.165, 1.54) is 31.4 Å².